The van der Waals surface area contributed by atoms with Gasteiger partial charge in [-0.25, -0.2) is 0 Å². The van der Waals surface area contributed by atoms with Crippen LogP contribution in [-0.4, -0.2) is 0 Å². The molecule has 3 aromatic carbocycles. The predicted molar refractivity (Wildman–Crippen MR) is 83.6 cm³/mol. The maximum atomic E-state index is 9.04. The van der Waals surface area contributed by atoms with Crippen LogP contribution in [0, 0.1) is 11.3 Å². The van der Waals surface area contributed by atoms with Crippen LogP contribution >= 0.6 is 11.8 Å². The number of anilines is 1. The second kappa shape index (κ2) is 5.28. The molecule has 0 radical (unpaired) electrons. The second-order valence-electron chi connectivity index (χ2n) is 4.44. The maximum absolute atomic E-state index is 9.04. The molecule has 0 saturated heterocycles. The highest BCUT2D eigenvalue weighted by atomic mass is 32.2. The molecule has 0 heterocycles. The summed E-state index contributed by atoms with van der Waals surface area (Å²) in [6, 6.07) is 22.2. The molecule has 0 unspecified atom stereocenters. The van der Waals surface area contributed by atoms with Gasteiger partial charge in [-0.1, -0.05) is 48.2 Å². The summed E-state index contributed by atoms with van der Waals surface area (Å²) >= 11 is 1.65. The van der Waals surface area contributed by atoms with Gasteiger partial charge in [-0.3, -0.25) is 0 Å². The Hall–Kier alpha value is -2.44. The van der Waals surface area contributed by atoms with Crippen LogP contribution in [-0.2, 0) is 0 Å². The van der Waals surface area contributed by atoms with Crippen molar-refractivity contribution in [2.45, 2.75) is 9.79 Å². The van der Waals surface area contributed by atoms with Crippen molar-refractivity contribution in [2.75, 3.05) is 5.73 Å². The Labute approximate surface area is 121 Å². The molecule has 3 heteroatoms. The molecule has 96 valence electrons. The van der Waals surface area contributed by atoms with Gasteiger partial charge in [0.05, 0.1) is 5.56 Å². The van der Waals surface area contributed by atoms with E-state index in [2.05, 4.69) is 30.3 Å². The van der Waals surface area contributed by atoms with Crippen LogP contribution in [0.4, 0.5) is 5.69 Å². The lowest BCUT2D eigenvalue weighted by Crippen LogP contribution is -1.89. The molecule has 0 atom stereocenters. The Morgan fingerprint density at radius 2 is 1.75 bits per heavy atom. The number of fused-ring (bicyclic) bond motifs is 1. The number of hydrogen-bond donors (Lipinski definition) is 1. The highest BCUT2D eigenvalue weighted by molar-refractivity contribution is 7.99. The lowest BCUT2D eigenvalue weighted by molar-refractivity contribution is 1.39. The van der Waals surface area contributed by atoms with E-state index in [0.29, 0.717) is 11.3 Å². The van der Waals surface area contributed by atoms with Crippen LogP contribution < -0.4 is 5.73 Å². The number of nitrogen functional groups attached to an aromatic ring is 1. The Balaban J connectivity index is 2.04. The molecule has 0 bridgehead atoms. The molecule has 0 spiro atoms. The summed E-state index contributed by atoms with van der Waals surface area (Å²) in [4.78, 5) is 2.20. The van der Waals surface area contributed by atoms with Crippen molar-refractivity contribution in [3.05, 3.63) is 66.2 Å². The normalized spacial score (nSPS) is 10.3. The molecule has 0 aliphatic carbocycles. The SMILES string of the molecule is N#Cc1cc(Sc2cccc3ccccc23)ccc1N. The van der Waals surface area contributed by atoms with Crippen LogP contribution in [0.5, 0.6) is 0 Å². The van der Waals surface area contributed by atoms with E-state index in [0.717, 1.165) is 4.90 Å². The first-order valence-electron chi connectivity index (χ1n) is 6.23. The zero-order valence-corrected chi connectivity index (χ0v) is 11.5. The molecule has 0 aliphatic heterocycles. The van der Waals surface area contributed by atoms with Crippen LogP contribution in [0.1, 0.15) is 5.56 Å². The van der Waals surface area contributed by atoms with Gasteiger partial charge in [0.15, 0.2) is 0 Å². The summed E-state index contributed by atoms with van der Waals surface area (Å²) in [5.41, 5.74) is 6.80. The molecular formula is C17H12N2S. The van der Waals surface area contributed by atoms with Crippen molar-refractivity contribution in [2.24, 2.45) is 0 Å². The fourth-order valence-corrected chi connectivity index (χ4v) is 3.12. The number of nitrogens with two attached hydrogens (primary N) is 1. The minimum atomic E-state index is 0.523. The summed E-state index contributed by atoms with van der Waals surface area (Å²) in [7, 11) is 0. The molecular weight excluding hydrogens is 264 g/mol. The third kappa shape index (κ3) is 2.34. The minimum absolute atomic E-state index is 0.523. The van der Waals surface area contributed by atoms with Crippen molar-refractivity contribution in [3.63, 3.8) is 0 Å². The fourth-order valence-electron chi connectivity index (χ4n) is 2.11. The molecule has 0 saturated carbocycles. The molecule has 0 amide bonds. The van der Waals surface area contributed by atoms with E-state index >= 15 is 0 Å². The second-order valence-corrected chi connectivity index (χ2v) is 5.56. The molecule has 3 rings (SSSR count). The van der Waals surface area contributed by atoms with Crippen LogP contribution in [0.2, 0.25) is 0 Å². The molecule has 20 heavy (non-hydrogen) atoms. The van der Waals surface area contributed by atoms with E-state index < -0.39 is 0 Å². The molecule has 0 aromatic heterocycles. The third-order valence-electron chi connectivity index (χ3n) is 3.12. The predicted octanol–water partition coefficient (Wildman–Crippen LogP) is 4.44. The van der Waals surface area contributed by atoms with Gasteiger partial charge in [-0.2, -0.15) is 5.26 Å². The summed E-state index contributed by atoms with van der Waals surface area (Å²) in [5.74, 6) is 0. The largest absolute Gasteiger partial charge is 0.398 e. The molecule has 2 N–H and O–H groups in total. The fraction of sp³-hybridized carbons (Fsp3) is 0. The van der Waals surface area contributed by atoms with Crippen LogP contribution in [0.15, 0.2) is 70.5 Å². The van der Waals surface area contributed by atoms with Crippen molar-refractivity contribution >= 4 is 28.2 Å². The zero-order chi connectivity index (χ0) is 13.9. The van der Waals surface area contributed by atoms with Crippen molar-refractivity contribution < 1.29 is 0 Å². The first-order chi connectivity index (χ1) is 9.78. The molecule has 2 nitrogen and oxygen atoms in total. The average Bonchev–Trinajstić information content (AvgIpc) is 2.49. The number of rotatable bonds is 2. The zero-order valence-electron chi connectivity index (χ0n) is 10.7. The van der Waals surface area contributed by atoms with Gasteiger partial charge in [0.1, 0.15) is 6.07 Å². The summed E-state index contributed by atoms with van der Waals surface area (Å²) in [6.07, 6.45) is 0. The average molecular weight is 276 g/mol. The smallest absolute Gasteiger partial charge is 0.101 e. The quantitative estimate of drug-likeness (QED) is 0.704. The third-order valence-corrected chi connectivity index (χ3v) is 4.19. The van der Waals surface area contributed by atoms with Crippen LogP contribution in [0.25, 0.3) is 10.8 Å². The number of nitriles is 1. The minimum Gasteiger partial charge on any atom is -0.398 e. The Bertz CT molecular complexity index is 813. The van der Waals surface area contributed by atoms with Gasteiger partial charge in [0.2, 0.25) is 0 Å². The Morgan fingerprint density at radius 3 is 2.60 bits per heavy atom. The molecule has 3 aromatic rings. The topological polar surface area (TPSA) is 49.8 Å². The van der Waals surface area contributed by atoms with E-state index in [1.54, 1.807) is 17.8 Å². The monoisotopic (exact) mass is 276 g/mol. The first-order valence-corrected chi connectivity index (χ1v) is 7.05. The van der Waals surface area contributed by atoms with Crippen molar-refractivity contribution in [1.29, 1.82) is 5.26 Å². The number of nitrogens with zero attached hydrogens (tertiary/aromatic N) is 1. The summed E-state index contributed by atoms with van der Waals surface area (Å²) < 4.78 is 0. The van der Waals surface area contributed by atoms with Crippen molar-refractivity contribution in [3.8, 4) is 6.07 Å². The van der Waals surface area contributed by atoms with Gasteiger partial charge >= 0.3 is 0 Å². The summed E-state index contributed by atoms with van der Waals surface area (Å²) in [5, 5.41) is 11.5. The van der Waals surface area contributed by atoms with E-state index in [-0.39, 0.29) is 0 Å². The lowest BCUT2D eigenvalue weighted by atomic mass is 10.1. The van der Waals surface area contributed by atoms with Gasteiger partial charge in [-0.15, -0.1) is 0 Å². The van der Waals surface area contributed by atoms with Gasteiger partial charge in [0.25, 0.3) is 0 Å². The van der Waals surface area contributed by atoms with E-state index in [4.69, 9.17) is 11.0 Å². The molecule has 0 fully saturated rings. The Kier molecular flexibility index (Phi) is 3.32. The highest BCUT2D eigenvalue weighted by Gasteiger charge is 2.05. The molecule has 0 aliphatic rings. The van der Waals surface area contributed by atoms with Gasteiger partial charge < -0.3 is 5.73 Å². The Morgan fingerprint density at radius 1 is 0.950 bits per heavy atom. The van der Waals surface area contributed by atoms with E-state index in [1.807, 2.05) is 30.3 Å². The van der Waals surface area contributed by atoms with Gasteiger partial charge in [0, 0.05) is 15.5 Å². The highest BCUT2D eigenvalue weighted by Crippen LogP contribution is 2.34. The van der Waals surface area contributed by atoms with Crippen molar-refractivity contribution in [1.82, 2.24) is 0 Å². The maximum Gasteiger partial charge on any atom is 0.101 e. The van der Waals surface area contributed by atoms with Crippen LogP contribution in [0.3, 0.4) is 0 Å². The standard InChI is InChI=1S/C17H12N2S/c18-11-13-10-14(8-9-16(13)19)20-17-7-3-5-12-4-1-2-6-15(12)17/h1-10H,19H2. The first kappa shape index (κ1) is 12.6. The number of hydrogen-bond acceptors (Lipinski definition) is 3. The van der Waals surface area contributed by atoms with E-state index in [1.165, 1.54) is 15.7 Å². The summed E-state index contributed by atoms with van der Waals surface area (Å²) in [6.45, 7) is 0. The van der Waals surface area contributed by atoms with Gasteiger partial charge in [-0.05, 0) is 35.0 Å². The lowest BCUT2D eigenvalue weighted by Gasteiger charge is -2.07. The van der Waals surface area contributed by atoms with E-state index in [9.17, 15) is 0 Å². The number of benzene rings is 3.